The van der Waals surface area contributed by atoms with Gasteiger partial charge in [-0.15, -0.1) is 0 Å². The number of ether oxygens (including phenoxy) is 2. The molecule has 28 heavy (non-hydrogen) atoms. The van der Waals surface area contributed by atoms with Crippen LogP contribution in [-0.2, 0) is 0 Å². The lowest BCUT2D eigenvalue weighted by molar-refractivity contribution is 0.0712. The number of carbonyl (C=O) groups is 2. The van der Waals surface area contributed by atoms with E-state index in [1.807, 2.05) is 0 Å². The lowest BCUT2D eigenvalue weighted by Gasteiger charge is -2.23. The van der Waals surface area contributed by atoms with E-state index in [1.165, 1.54) is 26.4 Å². The Labute approximate surface area is 163 Å². The van der Waals surface area contributed by atoms with E-state index >= 15 is 0 Å². The molecule has 1 heterocycles. The molecule has 6 nitrogen and oxygen atoms in total. The van der Waals surface area contributed by atoms with Crippen LogP contribution in [0.15, 0.2) is 42.5 Å². The Morgan fingerprint density at radius 3 is 1.96 bits per heavy atom. The van der Waals surface area contributed by atoms with Gasteiger partial charge in [-0.2, -0.15) is 0 Å². The molecule has 148 valence electrons. The zero-order valence-electron chi connectivity index (χ0n) is 16.0. The van der Waals surface area contributed by atoms with Gasteiger partial charge in [-0.3, -0.25) is 9.59 Å². The normalized spacial score (nSPS) is 14.4. The smallest absolute Gasteiger partial charge is 0.261 e. The van der Waals surface area contributed by atoms with Crippen LogP contribution in [0.5, 0.6) is 11.5 Å². The molecule has 0 saturated carbocycles. The summed E-state index contributed by atoms with van der Waals surface area (Å²) in [7, 11) is 3.01. The average molecular weight is 386 g/mol. The summed E-state index contributed by atoms with van der Waals surface area (Å²) in [5.41, 5.74) is 0.412. The average Bonchev–Trinajstić information content (AvgIpc) is 2.98. The van der Waals surface area contributed by atoms with Crippen LogP contribution in [0.4, 0.5) is 4.39 Å². The minimum atomic E-state index is -0.538. The molecule has 3 rings (SSSR count). The van der Waals surface area contributed by atoms with E-state index in [9.17, 15) is 14.0 Å². The van der Waals surface area contributed by atoms with Gasteiger partial charge in [0.1, 0.15) is 22.9 Å². The molecule has 0 atom stereocenters. The van der Waals surface area contributed by atoms with E-state index in [0.717, 1.165) is 0 Å². The van der Waals surface area contributed by atoms with Gasteiger partial charge in [-0.25, -0.2) is 4.39 Å². The standard InChI is InChI=1S/C21H23FN2O4/c1-27-17-9-5-10-18(28-2)19(17)21(26)24-12-6-11-23(13-14-24)20(25)15-7-3-4-8-16(15)22/h3-5,7-10H,6,11-14H2,1-2H3. The second kappa shape index (κ2) is 8.73. The van der Waals surface area contributed by atoms with Gasteiger partial charge in [0.2, 0.25) is 0 Å². The highest BCUT2D eigenvalue weighted by molar-refractivity contribution is 6.00. The van der Waals surface area contributed by atoms with E-state index < -0.39 is 5.82 Å². The summed E-state index contributed by atoms with van der Waals surface area (Å²) in [6.45, 7) is 1.62. The fourth-order valence-corrected chi connectivity index (χ4v) is 3.35. The molecule has 0 aliphatic carbocycles. The van der Waals surface area contributed by atoms with Gasteiger partial charge in [0.25, 0.3) is 11.8 Å². The lowest BCUT2D eigenvalue weighted by atomic mass is 10.1. The summed E-state index contributed by atoms with van der Waals surface area (Å²) in [6.07, 6.45) is 0.601. The van der Waals surface area contributed by atoms with Crippen LogP contribution < -0.4 is 9.47 Å². The number of benzene rings is 2. The number of hydrogen-bond donors (Lipinski definition) is 0. The highest BCUT2D eigenvalue weighted by atomic mass is 19.1. The summed E-state index contributed by atoms with van der Waals surface area (Å²) in [5.74, 6) is -0.235. The third-order valence-electron chi connectivity index (χ3n) is 4.82. The topological polar surface area (TPSA) is 59.1 Å². The van der Waals surface area contributed by atoms with Crippen molar-refractivity contribution in [1.29, 1.82) is 0 Å². The molecule has 1 saturated heterocycles. The van der Waals surface area contributed by atoms with Crippen LogP contribution in [0.1, 0.15) is 27.1 Å². The fraction of sp³-hybridized carbons (Fsp3) is 0.333. The Morgan fingerprint density at radius 1 is 0.821 bits per heavy atom. The molecule has 0 N–H and O–H groups in total. The first kappa shape index (κ1) is 19.7. The van der Waals surface area contributed by atoms with E-state index in [1.54, 1.807) is 40.1 Å². The molecule has 2 aromatic rings. The highest BCUT2D eigenvalue weighted by Crippen LogP contribution is 2.30. The first-order valence-electron chi connectivity index (χ1n) is 9.11. The Kier molecular flexibility index (Phi) is 6.13. The van der Waals surface area contributed by atoms with Crippen LogP contribution in [-0.4, -0.2) is 62.0 Å². The number of carbonyl (C=O) groups excluding carboxylic acids is 2. The van der Waals surface area contributed by atoms with Crippen molar-refractivity contribution in [2.75, 3.05) is 40.4 Å². The maximum atomic E-state index is 13.9. The molecule has 1 aliphatic rings. The van der Waals surface area contributed by atoms with E-state index in [2.05, 4.69) is 0 Å². The molecule has 0 unspecified atom stereocenters. The lowest BCUT2D eigenvalue weighted by Crippen LogP contribution is -2.37. The van der Waals surface area contributed by atoms with Crippen molar-refractivity contribution < 1.29 is 23.5 Å². The van der Waals surface area contributed by atoms with Crippen LogP contribution in [0.3, 0.4) is 0 Å². The monoisotopic (exact) mass is 386 g/mol. The molecular formula is C21H23FN2O4. The summed E-state index contributed by atoms with van der Waals surface area (Å²) in [4.78, 5) is 29.0. The molecule has 0 spiro atoms. The van der Waals surface area contributed by atoms with Crippen molar-refractivity contribution in [3.63, 3.8) is 0 Å². The van der Waals surface area contributed by atoms with Gasteiger partial charge in [0.05, 0.1) is 19.8 Å². The quantitative estimate of drug-likeness (QED) is 0.811. The highest BCUT2D eigenvalue weighted by Gasteiger charge is 2.28. The maximum absolute atomic E-state index is 13.9. The molecular weight excluding hydrogens is 363 g/mol. The molecule has 0 bridgehead atoms. The number of amides is 2. The second-order valence-corrected chi connectivity index (χ2v) is 6.46. The zero-order chi connectivity index (χ0) is 20.1. The second-order valence-electron chi connectivity index (χ2n) is 6.46. The predicted molar refractivity (Wildman–Crippen MR) is 102 cm³/mol. The molecule has 0 radical (unpaired) electrons. The predicted octanol–water partition coefficient (Wildman–Crippen LogP) is 2.83. The summed E-state index contributed by atoms with van der Waals surface area (Å²) in [6, 6.07) is 11.1. The molecule has 0 aromatic heterocycles. The van der Waals surface area contributed by atoms with Crippen molar-refractivity contribution in [3.8, 4) is 11.5 Å². The first-order valence-corrected chi connectivity index (χ1v) is 9.11. The molecule has 1 fully saturated rings. The van der Waals surface area contributed by atoms with Crippen molar-refractivity contribution in [2.45, 2.75) is 6.42 Å². The Morgan fingerprint density at radius 2 is 1.39 bits per heavy atom. The Hall–Kier alpha value is -3.09. The number of nitrogens with zero attached hydrogens (tertiary/aromatic N) is 2. The van der Waals surface area contributed by atoms with Crippen LogP contribution >= 0.6 is 0 Å². The summed E-state index contributed by atoms with van der Waals surface area (Å²) in [5, 5.41) is 0. The Balaban J connectivity index is 1.76. The number of halogens is 1. The van der Waals surface area contributed by atoms with Crippen molar-refractivity contribution in [3.05, 3.63) is 59.4 Å². The maximum Gasteiger partial charge on any atom is 0.261 e. The van der Waals surface area contributed by atoms with Gasteiger partial charge in [0, 0.05) is 26.2 Å². The van der Waals surface area contributed by atoms with Gasteiger partial charge in [-0.05, 0) is 30.7 Å². The molecule has 2 aromatic carbocycles. The fourth-order valence-electron chi connectivity index (χ4n) is 3.35. The number of rotatable bonds is 4. The van der Waals surface area contributed by atoms with Crippen LogP contribution in [0.2, 0.25) is 0 Å². The first-order chi connectivity index (χ1) is 13.6. The SMILES string of the molecule is COc1cccc(OC)c1C(=O)N1CCCN(C(=O)c2ccccc2F)CC1. The molecule has 7 heteroatoms. The van der Waals surface area contributed by atoms with Gasteiger partial charge in [0.15, 0.2) is 0 Å². The van der Waals surface area contributed by atoms with Crippen LogP contribution in [0, 0.1) is 5.82 Å². The molecule has 2 amide bonds. The minimum Gasteiger partial charge on any atom is -0.496 e. The van der Waals surface area contributed by atoms with Gasteiger partial charge in [-0.1, -0.05) is 18.2 Å². The van der Waals surface area contributed by atoms with Crippen molar-refractivity contribution in [1.82, 2.24) is 9.80 Å². The van der Waals surface area contributed by atoms with E-state index in [0.29, 0.717) is 49.7 Å². The zero-order valence-corrected chi connectivity index (χ0v) is 16.0. The molecule has 1 aliphatic heterocycles. The van der Waals surface area contributed by atoms with Crippen molar-refractivity contribution in [2.24, 2.45) is 0 Å². The Bertz CT molecular complexity index is 849. The van der Waals surface area contributed by atoms with E-state index in [-0.39, 0.29) is 17.4 Å². The third-order valence-corrected chi connectivity index (χ3v) is 4.82. The summed E-state index contributed by atoms with van der Waals surface area (Å²) < 4.78 is 24.6. The van der Waals surface area contributed by atoms with E-state index in [4.69, 9.17) is 9.47 Å². The van der Waals surface area contributed by atoms with Gasteiger partial charge >= 0.3 is 0 Å². The van der Waals surface area contributed by atoms with Crippen LogP contribution in [0.25, 0.3) is 0 Å². The van der Waals surface area contributed by atoms with Crippen molar-refractivity contribution >= 4 is 11.8 Å². The summed E-state index contributed by atoms with van der Waals surface area (Å²) >= 11 is 0. The largest absolute Gasteiger partial charge is 0.496 e. The third kappa shape index (κ3) is 3.93. The minimum absolute atomic E-state index is 0.0497. The number of hydrogen-bond acceptors (Lipinski definition) is 4. The van der Waals surface area contributed by atoms with Gasteiger partial charge < -0.3 is 19.3 Å². The number of methoxy groups -OCH3 is 2.